The van der Waals surface area contributed by atoms with Gasteiger partial charge in [0.15, 0.2) is 0 Å². The molecule has 0 spiro atoms. The molecular weight excluding hydrogens is 201 g/mol. The molecule has 2 rings (SSSR count). The van der Waals surface area contributed by atoms with E-state index in [2.05, 4.69) is 4.90 Å². The fourth-order valence-corrected chi connectivity index (χ4v) is 2.56. The zero-order valence-corrected chi connectivity index (χ0v) is 8.80. The number of morpholine rings is 1. The minimum absolute atomic E-state index is 0.0566. The number of halogens is 1. The molecule has 1 aromatic heterocycles. The monoisotopic (exact) mass is 215 g/mol. The van der Waals surface area contributed by atoms with E-state index in [1.165, 1.54) is 0 Å². The van der Waals surface area contributed by atoms with Gasteiger partial charge in [0.2, 0.25) is 0 Å². The van der Waals surface area contributed by atoms with E-state index in [4.69, 9.17) is 4.74 Å². The fraction of sp³-hybridized carbons (Fsp3) is 0.600. The van der Waals surface area contributed by atoms with E-state index in [9.17, 15) is 4.39 Å². The summed E-state index contributed by atoms with van der Waals surface area (Å²) in [6, 6.07) is 3.92. The van der Waals surface area contributed by atoms with Crippen LogP contribution >= 0.6 is 11.3 Å². The third-order valence-electron chi connectivity index (χ3n) is 2.50. The predicted molar refractivity (Wildman–Crippen MR) is 55.4 cm³/mol. The first-order valence-corrected chi connectivity index (χ1v) is 5.71. The van der Waals surface area contributed by atoms with Gasteiger partial charge < -0.3 is 4.74 Å². The first kappa shape index (κ1) is 10.1. The second-order valence-electron chi connectivity index (χ2n) is 3.33. The van der Waals surface area contributed by atoms with Crippen LogP contribution in [-0.2, 0) is 4.74 Å². The highest BCUT2D eigenvalue weighted by Crippen LogP contribution is 2.26. The lowest BCUT2D eigenvalue weighted by Crippen LogP contribution is -2.39. The molecule has 2 heterocycles. The second-order valence-corrected chi connectivity index (χ2v) is 4.31. The Morgan fingerprint density at radius 1 is 1.50 bits per heavy atom. The van der Waals surface area contributed by atoms with Crippen LogP contribution in [0.3, 0.4) is 0 Å². The van der Waals surface area contributed by atoms with Crippen LogP contribution in [0.5, 0.6) is 0 Å². The largest absolute Gasteiger partial charge is 0.379 e. The lowest BCUT2D eigenvalue weighted by atomic mass is 10.2. The maximum absolute atomic E-state index is 12.9. The Morgan fingerprint density at radius 3 is 2.86 bits per heavy atom. The lowest BCUT2D eigenvalue weighted by Gasteiger charge is -2.32. The Hall–Kier alpha value is -0.450. The molecule has 14 heavy (non-hydrogen) atoms. The Bertz CT molecular complexity index is 259. The fourth-order valence-electron chi connectivity index (χ4n) is 1.72. The number of ether oxygens (including phenoxy) is 1. The van der Waals surface area contributed by atoms with Crippen LogP contribution in [0.1, 0.15) is 10.9 Å². The van der Waals surface area contributed by atoms with Gasteiger partial charge in [0.05, 0.1) is 19.3 Å². The number of alkyl halides is 1. The van der Waals surface area contributed by atoms with Crippen LogP contribution in [0.2, 0.25) is 0 Å². The van der Waals surface area contributed by atoms with Gasteiger partial charge >= 0.3 is 0 Å². The Balaban J connectivity index is 2.04. The van der Waals surface area contributed by atoms with E-state index in [0.717, 1.165) is 31.2 Å². The van der Waals surface area contributed by atoms with E-state index in [0.29, 0.717) is 0 Å². The van der Waals surface area contributed by atoms with Crippen molar-refractivity contribution >= 4 is 11.3 Å². The summed E-state index contributed by atoms with van der Waals surface area (Å²) in [5.41, 5.74) is 0. The highest BCUT2D eigenvalue weighted by molar-refractivity contribution is 7.10. The van der Waals surface area contributed by atoms with Crippen molar-refractivity contribution in [2.24, 2.45) is 0 Å². The Kier molecular flexibility index (Phi) is 3.50. The lowest BCUT2D eigenvalue weighted by molar-refractivity contribution is 0.0116. The van der Waals surface area contributed by atoms with E-state index in [1.54, 1.807) is 11.3 Å². The second kappa shape index (κ2) is 4.87. The van der Waals surface area contributed by atoms with E-state index < -0.39 is 0 Å². The molecule has 0 aliphatic carbocycles. The van der Waals surface area contributed by atoms with Gasteiger partial charge in [-0.2, -0.15) is 0 Å². The van der Waals surface area contributed by atoms with Crippen molar-refractivity contribution in [1.29, 1.82) is 0 Å². The molecule has 0 aromatic carbocycles. The molecule has 0 saturated carbocycles. The van der Waals surface area contributed by atoms with Gasteiger partial charge in [-0.1, -0.05) is 6.07 Å². The standard InChI is InChI=1S/C10H14FNOS/c11-8-9(10-2-1-7-14-10)12-3-5-13-6-4-12/h1-2,7,9H,3-6,8H2/t9-/m1/s1. The summed E-state index contributed by atoms with van der Waals surface area (Å²) < 4.78 is 18.2. The minimum Gasteiger partial charge on any atom is -0.379 e. The van der Waals surface area contributed by atoms with Crippen molar-refractivity contribution in [2.75, 3.05) is 33.0 Å². The molecule has 0 unspecified atom stereocenters. The third kappa shape index (κ3) is 2.13. The molecule has 1 aromatic rings. The normalized spacial score (nSPS) is 20.9. The quantitative estimate of drug-likeness (QED) is 0.765. The molecule has 2 nitrogen and oxygen atoms in total. The topological polar surface area (TPSA) is 12.5 Å². The maximum Gasteiger partial charge on any atom is 0.110 e. The number of nitrogens with zero attached hydrogens (tertiary/aromatic N) is 1. The maximum atomic E-state index is 12.9. The summed E-state index contributed by atoms with van der Waals surface area (Å²) in [5, 5.41) is 2.00. The molecule has 0 bridgehead atoms. The SMILES string of the molecule is FC[C@H](c1cccs1)N1CCOCC1. The third-order valence-corrected chi connectivity index (χ3v) is 3.48. The van der Waals surface area contributed by atoms with Crippen molar-refractivity contribution in [2.45, 2.75) is 6.04 Å². The van der Waals surface area contributed by atoms with Crippen molar-refractivity contribution < 1.29 is 9.13 Å². The van der Waals surface area contributed by atoms with Gasteiger partial charge in [0.1, 0.15) is 6.67 Å². The molecule has 1 saturated heterocycles. The van der Waals surface area contributed by atoms with Gasteiger partial charge in [-0.3, -0.25) is 4.90 Å². The van der Waals surface area contributed by atoms with Gasteiger partial charge in [0, 0.05) is 18.0 Å². The summed E-state index contributed by atoms with van der Waals surface area (Å²) in [7, 11) is 0. The molecule has 4 heteroatoms. The molecule has 1 aliphatic rings. The highest BCUT2D eigenvalue weighted by Gasteiger charge is 2.22. The van der Waals surface area contributed by atoms with E-state index >= 15 is 0 Å². The van der Waals surface area contributed by atoms with Crippen molar-refractivity contribution in [3.63, 3.8) is 0 Å². The highest BCUT2D eigenvalue weighted by atomic mass is 32.1. The van der Waals surface area contributed by atoms with Crippen LogP contribution in [0.15, 0.2) is 17.5 Å². The first-order valence-electron chi connectivity index (χ1n) is 4.83. The summed E-state index contributed by atoms with van der Waals surface area (Å²) in [4.78, 5) is 3.28. The first-order chi connectivity index (χ1) is 6.92. The number of hydrogen-bond donors (Lipinski definition) is 0. The molecular formula is C10H14FNOS. The van der Waals surface area contributed by atoms with Crippen molar-refractivity contribution in [1.82, 2.24) is 4.90 Å². The molecule has 78 valence electrons. The molecule has 0 radical (unpaired) electrons. The zero-order chi connectivity index (χ0) is 9.80. The van der Waals surface area contributed by atoms with Crippen molar-refractivity contribution in [3.8, 4) is 0 Å². The number of rotatable bonds is 3. The van der Waals surface area contributed by atoms with Gasteiger partial charge in [-0.15, -0.1) is 11.3 Å². The van der Waals surface area contributed by atoms with Crippen LogP contribution in [0, 0.1) is 0 Å². The molecule has 1 aliphatic heterocycles. The van der Waals surface area contributed by atoms with Gasteiger partial charge in [-0.05, 0) is 11.4 Å². The summed E-state index contributed by atoms with van der Waals surface area (Å²) in [5.74, 6) is 0. The summed E-state index contributed by atoms with van der Waals surface area (Å²) >= 11 is 1.63. The smallest absolute Gasteiger partial charge is 0.110 e. The van der Waals surface area contributed by atoms with Crippen LogP contribution in [0.25, 0.3) is 0 Å². The average molecular weight is 215 g/mol. The molecule has 1 fully saturated rings. The Morgan fingerprint density at radius 2 is 2.29 bits per heavy atom. The zero-order valence-electron chi connectivity index (χ0n) is 7.99. The van der Waals surface area contributed by atoms with Crippen molar-refractivity contribution in [3.05, 3.63) is 22.4 Å². The molecule has 0 N–H and O–H groups in total. The van der Waals surface area contributed by atoms with Gasteiger partial charge in [-0.25, -0.2) is 4.39 Å². The van der Waals surface area contributed by atoms with Crippen LogP contribution < -0.4 is 0 Å². The summed E-state index contributed by atoms with van der Waals surface area (Å²) in [6.07, 6.45) is 0. The van der Waals surface area contributed by atoms with E-state index in [1.807, 2.05) is 17.5 Å². The summed E-state index contributed by atoms with van der Waals surface area (Å²) in [6.45, 7) is 2.82. The average Bonchev–Trinajstić information content (AvgIpc) is 2.74. The Labute approximate surface area is 87.3 Å². The van der Waals surface area contributed by atoms with Gasteiger partial charge in [0.25, 0.3) is 0 Å². The number of hydrogen-bond acceptors (Lipinski definition) is 3. The van der Waals surface area contributed by atoms with E-state index in [-0.39, 0.29) is 12.7 Å². The molecule has 0 amide bonds. The van der Waals surface area contributed by atoms with Crippen LogP contribution in [0.4, 0.5) is 4.39 Å². The minimum atomic E-state index is -0.305. The van der Waals surface area contributed by atoms with Crippen LogP contribution in [-0.4, -0.2) is 37.9 Å². The molecule has 1 atom stereocenters. The number of thiophene rings is 1. The predicted octanol–water partition coefficient (Wildman–Crippen LogP) is 2.09.